The summed E-state index contributed by atoms with van der Waals surface area (Å²) in [5.74, 6) is -0.139. The fraction of sp³-hybridized carbons (Fsp3) is 0.643. The van der Waals surface area contributed by atoms with Crippen LogP contribution in [0.4, 0.5) is 0 Å². The number of ether oxygens (including phenoxy) is 1. The molecule has 1 saturated heterocycles. The van der Waals surface area contributed by atoms with E-state index in [1.54, 1.807) is 0 Å². The number of nitrogens with one attached hydrogen (secondary N) is 1. The minimum atomic E-state index is -0.552. The molecule has 1 aliphatic rings. The maximum absolute atomic E-state index is 12.5. The number of aliphatic hydroxyl groups is 1. The first-order chi connectivity index (χ1) is 9.60. The average Bonchev–Trinajstić information content (AvgIpc) is 2.81. The van der Waals surface area contributed by atoms with Gasteiger partial charge in [0.2, 0.25) is 0 Å². The molecular formula is C14H21BrN2O3. The summed E-state index contributed by atoms with van der Waals surface area (Å²) in [4.78, 5) is 12.5. The Morgan fingerprint density at radius 3 is 2.85 bits per heavy atom. The van der Waals surface area contributed by atoms with E-state index in [4.69, 9.17) is 4.74 Å². The number of nitrogens with zero attached hydrogens (tertiary/aromatic N) is 1. The smallest absolute Gasteiger partial charge is 0.268 e. The molecule has 1 fully saturated rings. The van der Waals surface area contributed by atoms with Crippen molar-refractivity contribution in [1.29, 1.82) is 0 Å². The summed E-state index contributed by atoms with van der Waals surface area (Å²) in [5, 5.41) is 12.6. The lowest BCUT2D eigenvalue weighted by Gasteiger charge is -2.36. The molecule has 0 spiro atoms. The van der Waals surface area contributed by atoms with Gasteiger partial charge in [0.25, 0.3) is 5.91 Å². The van der Waals surface area contributed by atoms with Crippen molar-refractivity contribution >= 4 is 21.8 Å². The van der Waals surface area contributed by atoms with Gasteiger partial charge in [-0.15, -0.1) is 0 Å². The molecule has 5 nitrogen and oxygen atoms in total. The van der Waals surface area contributed by atoms with Gasteiger partial charge in [0.15, 0.2) is 0 Å². The first kappa shape index (κ1) is 15.5. The van der Waals surface area contributed by atoms with Crippen LogP contribution in [0, 0.1) is 0 Å². The highest BCUT2D eigenvalue weighted by Gasteiger charge is 2.34. The second kappa shape index (κ2) is 6.74. The minimum absolute atomic E-state index is 0.0578. The van der Waals surface area contributed by atoms with E-state index in [2.05, 4.69) is 28.2 Å². The topological polar surface area (TPSA) is 63.5 Å². The van der Waals surface area contributed by atoms with Crippen LogP contribution in [0.1, 0.15) is 36.7 Å². The van der Waals surface area contributed by atoms with E-state index in [0.717, 1.165) is 17.4 Å². The van der Waals surface area contributed by atoms with Crippen LogP contribution in [-0.4, -0.2) is 40.9 Å². The number of hydrogen-bond acceptors (Lipinski definition) is 3. The lowest BCUT2D eigenvalue weighted by Crippen LogP contribution is -2.54. The Morgan fingerprint density at radius 1 is 1.55 bits per heavy atom. The van der Waals surface area contributed by atoms with Crippen molar-refractivity contribution in [3.8, 4) is 0 Å². The predicted molar refractivity (Wildman–Crippen MR) is 79.8 cm³/mol. The zero-order valence-electron chi connectivity index (χ0n) is 11.7. The van der Waals surface area contributed by atoms with Crippen molar-refractivity contribution in [3.05, 3.63) is 22.4 Å². The summed E-state index contributed by atoms with van der Waals surface area (Å²) in [7, 11) is 0. The van der Waals surface area contributed by atoms with Crippen molar-refractivity contribution in [2.45, 2.75) is 38.3 Å². The third-order valence-electron chi connectivity index (χ3n) is 3.69. The molecule has 1 amide bonds. The number of carbonyl (C=O) groups excluding carboxylic acids is 1. The van der Waals surface area contributed by atoms with Gasteiger partial charge in [-0.2, -0.15) is 0 Å². The standard InChI is InChI=1S/C14H21BrN2O3/c1-2-5-17-9-11(15)8-12(17)13(19)16-14(10-18)3-6-20-7-4-14/h8-9,18H,2-7,10H2,1H3,(H,16,19). The summed E-state index contributed by atoms with van der Waals surface area (Å²) < 4.78 is 8.13. The highest BCUT2D eigenvalue weighted by atomic mass is 79.9. The van der Waals surface area contributed by atoms with E-state index >= 15 is 0 Å². The van der Waals surface area contributed by atoms with Crippen molar-refractivity contribution < 1.29 is 14.6 Å². The van der Waals surface area contributed by atoms with Crippen LogP contribution in [0.5, 0.6) is 0 Å². The number of rotatable bonds is 5. The molecular weight excluding hydrogens is 324 g/mol. The van der Waals surface area contributed by atoms with Crippen molar-refractivity contribution in [3.63, 3.8) is 0 Å². The molecule has 0 atom stereocenters. The number of hydrogen-bond donors (Lipinski definition) is 2. The molecule has 0 saturated carbocycles. The van der Waals surface area contributed by atoms with Crippen LogP contribution in [0.25, 0.3) is 0 Å². The zero-order chi connectivity index (χ0) is 14.6. The molecule has 112 valence electrons. The van der Waals surface area contributed by atoms with Crippen LogP contribution in [0.2, 0.25) is 0 Å². The highest BCUT2D eigenvalue weighted by Crippen LogP contribution is 2.22. The summed E-state index contributed by atoms with van der Waals surface area (Å²) in [6.45, 7) is 3.95. The minimum Gasteiger partial charge on any atom is -0.394 e. The van der Waals surface area contributed by atoms with Crippen LogP contribution < -0.4 is 5.32 Å². The number of carbonyl (C=O) groups is 1. The second-order valence-corrected chi connectivity index (χ2v) is 6.16. The molecule has 1 aromatic rings. The molecule has 1 aromatic heterocycles. The van der Waals surface area contributed by atoms with Gasteiger partial charge in [0.1, 0.15) is 5.69 Å². The van der Waals surface area contributed by atoms with Crippen LogP contribution in [0.3, 0.4) is 0 Å². The van der Waals surface area contributed by atoms with Crippen LogP contribution in [0.15, 0.2) is 16.7 Å². The number of aromatic nitrogens is 1. The molecule has 2 N–H and O–H groups in total. The number of aryl methyl sites for hydroxylation is 1. The number of halogens is 1. The quantitative estimate of drug-likeness (QED) is 0.857. The summed E-state index contributed by atoms with van der Waals surface area (Å²) >= 11 is 3.41. The normalized spacial score (nSPS) is 17.9. The predicted octanol–water partition coefficient (Wildman–Crippen LogP) is 1.93. The Labute approximate surface area is 127 Å². The van der Waals surface area contributed by atoms with Gasteiger partial charge in [-0.25, -0.2) is 0 Å². The molecule has 0 bridgehead atoms. The Balaban J connectivity index is 2.14. The monoisotopic (exact) mass is 344 g/mol. The largest absolute Gasteiger partial charge is 0.394 e. The molecule has 1 aliphatic heterocycles. The SMILES string of the molecule is CCCn1cc(Br)cc1C(=O)NC1(CO)CCOCC1. The van der Waals surface area contributed by atoms with Gasteiger partial charge in [-0.3, -0.25) is 4.79 Å². The zero-order valence-corrected chi connectivity index (χ0v) is 13.3. The molecule has 6 heteroatoms. The van der Waals surface area contributed by atoms with Gasteiger partial charge < -0.3 is 19.7 Å². The molecule has 0 radical (unpaired) electrons. The van der Waals surface area contributed by atoms with Gasteiger partial charge >= 0.3 is 0 Å². The van der Waals surface area contributed by atoms with Crippen molar-refractivity contribution in [1.82, 2.24) is 9.88 Å². The van der Waals surface area contributed by atoms with E-state index < -0.39 is 5.54 Å². The first-order valence-corrected chi connectivity index (χ1v) is 7.76. The van der Waals surface area contributed by atoms with Crippen LogP contribution >= 0.6 is 15.9 Å². The molecule has 2 rings (SSSR count). The van der Waals surface area contributed by atoms with E-state index in [1.807, 2.05) is 16.8 Å². The molecule has 20 heavy (non-hydrogen) atoms. The van der Waals surface area contributed by atoms with Gasteiger partial charge in [-0.05, 0) is 41.3 Å². The number of aliphatic hydroxyl groups excluding tert-OH is 1. The van der Waals surface area contributed by atoms with Crippen LogP contribution in [-0.2, 0) is 11.3 Å². The summed E-state index contributed by atoms with van der Waals surface area (Å²) in [6, 6.07) is 1.81. The Hall–Kier alpha value is -0.850. The Bertz CT molecular complexity index is 467. The van der Waals surface area contributed by atoms with Gasteiger partial charge in [0.05, 0.1) is 12.1 Å². The average molecular weight is 345 g/mol. The van der Waals surface area contributed by atoms with Gasteiger partial charge in [-0.1, -0.05) is 6.92 Å². The maximum Gasteiger partial charge on any atom is 0.268 e. The third kappa shape index (κ3) is 3.42. The maximum atomic E-state index is 12.5. The fourth-order valence-electron chi connectivity index (χ4n) is 2.48. The van der Waals surface area contributed by atoms with Gasteiger partial charge in [0, 0.05) is 30.4 Å². The molecule has 0 unspecified atom stereocenters. The van der Waals surface area contributed by atoms with Crippen molar-refractivity contribution in [2.75, 3.05) is 19.8 Å². The number of amides is 1. The van der Waals surface area contributed by atoms with E-state index in [9.17, 15) is 9.90 Å². The molecule has 2 heterocycles. The van der Waals surface area contributed by atoms with E-state index in [0.29, 0.717) is 31.7 Å². The molecule has 0 aliphatic carbocycles. The Morgan fingerprint density at radius 2 is 2.25 bits per heavy atom. The highest BCUT2D eigenvalue weighted by molar-refractivity contribution is 9.10. The first-order valence-electron chi connectivity index (χ1n) is 6.97. The summed E-state index contributed by atoms with van der Waals surface area (Å²) in [6.07, 6.45) is 4.16. The lowest BCUT2D eigenvalue weighted by atomic mass is 9.91. The molecule has 0 aromatic carbocycles. The fourth-order valence-corrected chi connectivity index (χ4v) is 2.94. The third-order valence-corrected chi connectivity index (χ3v) is 4.13. The summed E-state index contributed by atoms with van der Waals surface area (Å²) in [5.41, 5.74) is 0.0707. The lowest BCUT2D eigenvalue weighted by molar-refractivity contribution is 0.0123. The van der Waals surface area contributed by atoms with E-state index in [-0.39, 0.29) is 12.5 Å². The Kier molecular flexibility index (Phi) is 5.23. The second-order valence-electron chi connectivity index (χ2n) is 5.24. The van der Waals surface area contributed by atoms with Crippen molar-refractivity contribution in [2.24, 2.45) is 0 Å². The van der Waals surface area contributed by atoms with E-state index in [1.165, 1.54) is 0 Å².